The number of benzene rings is 1. The van der Waals surface area contributed by atoms with E-state index in [1.165, 1.54) is 0 Å². The third-order valence-corrected chi connectivity index (χ3v) is 5.46. The number of likely N-dealkylation sites (tertiary alicyclic amines) is 1. The summed E-state index contributed by atoms with van der Waals surface area (Å²) in [5.74, 6) is 1.20. The van der Waals surface area contributed by atoms with E-state index in [4.69, 9.17) is 9.47 Å². The third kappa shape index (κ3) is 4.48. The Balaban J connectivity index is 1.28. The van der Waals surface area contributed by atoms with E-state index in [1.807, 2.05) is 41.3 Å². The summed E-state index contributed by atoms with van der Waals surface area (Å²) in [4.78, 5) is 19.3. The number of hydrogen-bond donors (Lipinski definition) is 0. The molecule has 0 spiro atoms. The predicted octanol–water partition coefficient (Wildman–Crippen LogP) is 3.23. The summed E-state index contributed by atoms with van der Waals surface area (Å²) in [6, 6.07) is 13.9. The summed E-state index contributed by atoms with van der Waals surface area (Å²) in [7, 11) is 0. The van der Waals surface area contributed by atoms with Gasteiger partial charge in [0.1, 0.15) is 5.75 Å². The highest BCUT2D eigenvalue weighted by atomic mass is 16.5. The molecule has 2 aliphatic heterocycles. The van der Waals surface area contributed by atoms with Gasteiger partial charge in [-0.3, -0.25) is 9.78 Å². The van der Waals surface area contributed by atoms with Crippen LogP contribution in [0.5, 0.6) is 5.75 Å². The zero-order chi connectivity index (χ0) is 18.5. The standard InChI is InChI=1S/C22H26N2O3/c25-22(18-10-14-26-21-7-2-1-5-17(21)15-18)24-12-8-20(9-13-24)27-16-19-6-3-4-11-23-19/h1-7,11,18,20H,8-10,12-16H2. The van der Waals surface area contributed by atoms with E-state index in [2.05, 4.69) is 11.1 Å². The minimum Gasteiger partial charge on any atom is -0.493 e. The normalized spacial score (nSPS) is 20.4. The summed E-state index contributed by atoms with van der Waals surface area (Å²) in [5, 5.41) is 0. The summed E-state index contributed by atoms with van der Waals surface area (Å²) < 4.78 is 11.8. The number of piperidine rings is 1. The van der Waals surface area contributed by atoms with Gasteiger partial charge in [0.2, 0.25) is 5.91 Å². The van der Waals surface area contributed by atoms with Gasteiger partial charge in [-0.05, 0) is 49.4 Å². The lowest BCUT2D eigenvalue weighted by Crippen LogP contribution is -2.44. The molecule has 0 aliphatic carbocycles. The summed E-state index contributed by atoms with van der Waals surface area (Å²) in [5.41, 5.74) is 2.09. The Morgan fingerprint density at radius 1 is 1.11 bits per heavy atom. The van der Waals surface area contributed by atoms with E-state index in [1.54, 1.807) is 6.20 Å². The Labute approximate surface area is 160 Å². The SMILES string of the molecule is O=C(C1CCOc2ccccc2C1)N1CCC(OCc2ccccn2)CC1. The van der Waals surface area contributed by atoms with Gasteiger partial charge in [0, 0.05) is 25.2 Å². The van der Waals surface area contributed by atoms with E-state index in [9.17, 15) is 4.79 Å². The number of hydrogen-bond acceptors (Lipinski definition) is 4. The first-order valence-electron chi connectivity index (χ1n) is 9.80. The lowest BCUT2D eigenvalue weighted by Gasteiger charge is -2.34. The number of fused-ring (bicyclic) bond motifs is 1. The Morgan fingerprint density at radius 2 is 1.93 bits per heavy atom. The molecule has 2 aromatic rings. The number of pyridine rings is 1. The first-order chi connectivity index (χ1) is 13.3. The van der Waals surface area contributed by atoms with Crippen LogP contribution in [0.1, 0.15) is 30.5 Å². The van der Waals surface area contributed by atoms with Gasteiger partial charge >= 0.3 is 0 Å². The fourth-order valence-corrected chi connectivity index (χ4v) is 3.89. The van der Waals surface area contributed by atoms with Crippen molar-refractivity contribution in [1.82, 2.24) is 9.88 Å². The Kier molecular flexibility index (Phi) is 5.68. The minimum atomic E-state index is 0.0136. The minimum absolute atomic E-state index is 0.0136. The van der Waals surface area contributed by atoms with Crippen LogP contribution in [-0.4, -0.2) is 41.6 Å². The van der Waals surface area contributed by atoms with Crippen molar-refractivity contribution in [3.63, 3.8) is 0 Å². The number of carbonyl (C=O) groups excluding carboxylic acids is 1. The second-order valence-electron chi connectivity index (χ2n) is 7.30. The predicted molar refractivity (Wildman–Crippen MR) is 102 cm³/mol. The monoisotopic (exact) mass is 366 g/mol. The Hall–Kier alpha value is -2.40. The molecule has 1 aromatic carbocycles. The number of nitrogens with zero attached hydrogens (tertiary/aromatic N) is 2. The van der Waals surface area contributed by atoms with E-state index < -0.39 is 0 Å². The molecule has 5 heteroatoms. The fraction of sp³-hybridized carbons (Fsp3) is 0.455. The molecule has 1 fully saturated rings. The first-order valence-corrected chi connectivity index (χ1v) is 9.80. The summed E-state index contributed by atoms with van der Waals surface area (Å²) >= 11 is 0. The zero-order valence-corrected chi connectivity index (χ0v) is 15.5. The molecular weight excluding hydrogens is 340 g/mol. The van der Waals surface area contributed by atoms with Crippen LogP contribution in [0, 0.1) is 5.92 Å². The van der Waals surface area contributed by atoms with Crippen molar-refractivity contribution in [2.75, 3.05) is 19.7 Å². The largest absolute Gasteiger partial charge is 0.493 e. The van der Waals surface area contributed by atoms with Crippen molar-refractivity contribution >= 4 is 5.91 Å². The number of amides is 1. The van der Waals surface area contributed by atoms with Gasteiger partial charge in [-0.2, -0.15) is 0 Å². The molecule has 1 aromatic heterocycles. The number of rotatable bonds is 4. The number of ether oxygens (including phenoxy) is 2. The van der Waals surface area contributed by atoms with Crippen molar-refractivity contribution in [3.8, 4) is 5.75 Å². The van der Waals surface area contributed by atoms with Crippen molar-refractivity contribution < 1.29 is 14.3 Å². The molecular formula is C22H26N2O3. The molecule has 0 N–H and O–H groups in total. The molecule has 4 rings (SSSR count). The maximum Gasteiger partial charge on any atom is 0.226 e. The maximum absolute atomic E-state index is 13.0. The third-order valence-electron chi connectivity index (χ3n) is 5.46. The molecule has 1 unspecified atom stereocenters. The highest BCUT2D eigenvalue weighted by Crippen LogP contribution is 2.28. The van der Waals surface area contributed by atoms with Crippen LogP contribution < -0.4 is 4.74 Å². The average molecular weight is 366 g/mol. The molecule has 0 bridgehead atoms. The maximum atomic E-state index is 13.0. The van der Waals surface area contributed by atoms with Crippen LogP contribution in [-0.2, 0) is 22.6 Å². The van der Waals surface area contributed by atoms with Crippen LogP contribution in [0.4, 0.5) is 0 Å². The lowest BCUT2D eigenvalue weighted by atomic mass is 9.94. The quantitative estimate of drug-likeness (QED) is 0.834. The Bertz CT molecular complexity index is 757. The molecule has 27 heavy (non-hydrogen) atoms. The molecule has 1 amide bonds. The second-order valence-corrected chi connectivity index (χ2v) is 7.30. The summed E-state index contributed by atoms with van der Waals surface area (Å²) in [6.07, 6.45) is 5.31. The molecule has 142 valence electrons. The summed E-state index contributed by atoms with van der Waals surface area (Å²) in [6.45, 7) is 2.68. The average Bonchev–Trinajstić information content (AvgIpc) is 2.95. The first kappa shape index (κ1) is 18.0. The van der Waals surface area contributed by atoms with Gasteiger partial charge in [-0.25, -0.2) is 0 Å². The van der Waals surface area contributed by atoms with E-state index in [0.29, 0.717) is 13.2 Å². The topological polar surface area (TPSA) is 51.7 Å². The van der Waals surface area contributed by atoms with Gasteiger partial charge in [0.05, 0.1) is 25.0 Å². The molecule has 3 heterocycles. The number of para-hydroxylation sites is 1. The number of aromatic nitrogens is 1. The van der Waals surface area contributed by atoms with Crippen molar-refractivity contribution in [2.24, 2.45) is 5.92 Å². The highest BCUT2D eigenvalue weighted by Gasteiger charge is 2.30. The molecule has 1 atom stereocenters. The van der Waals surface area contributed by atoms with Crippen molar-refractivity contribution in [3.05, 3.63) is 59.9 Å². The van der Waals surface area contributed by atoms with Crippen LogP contribution in [0.3, 0.4) is 0 Å². The van der Waals surface area contributed by atoms with Gasteiger partial charge in [-0.1, -0.05) is 24.3 Å². The van der Waals surface area contributed by atoms with Crippen LogP contribution in [0.25, 0.3) is 0 Å². The van der Waals surface area contributed by atoms with Crippen LogP contribution in [0.2, 0.25) is 0 Å². The Morgan fingerprint density at radius 3 is 2.74 bits per heavy atom. The van der Waals surface area contributed by atoms with Crippen LogP contribution in [0.15, 0.2) is 48.7 Å². The number of carbonyl (C=O) groups is 1. The van der Waals surface area contributed by atoms with Crippen LogP contribution >= 0.6 is 0 Å². The van der Waals surface area contributed by atoms with E-state index in [-0.39, 0.29) is 17.9 Å². The van der Waals surface area contributed by atoms with Gasteiger partial charge in [0.15, 0.2) is 0 Å². The second kappa shape index (κ2) is 8.53. The van der Waals surface area contributed by atoms with Gasteiger partial charge < -0.3 is 14.4 Å². The van der Waals surface area contributed by atoms with E-state index in [0.717, 1.165) is 55.8 Å². The van der Waals surface area contributed by atoms with Crippen molar-refractivity contribution in [2.45, 2.75) is 38.4 Å². The fourth-order valence-electron chi connectivity index (χ4n) is 3.89. The van der Waals surface area contributed by atoms with E-state index >= 15 is 0 Å². The highest BCUT2D eigenvalue weighted by molar-refractivity contribution is 5.79. The molecule has 0 radical (unpaired) electrons. The molecule has 0 saturated carbocycles. The molecule has 1 saturated heterocycles. The molecule has 5 nitrogen and oxygen atoms in total. The zero-order valence-electron chi connectivity index (χ0n) is 15.5. The lowest BCUT2D eigenvalue weighted by molar-refractivity contribution is -0.138. The smallest absolute Gasteiger partial charge is 0.226 e. The van der Waals surface area contributed by atoms with Gasteiger partial charge in [-0.15, -0.1) is 0 Å². The van der Waals surface area contributed by atoms with Crippen molar-refractivity contribution in [1.29, 1.82) is 0 Å². The molecule has 2 aliphatic rings. The van der Waals surface area contributed by atoms with Gasteiger partial charge in [0.25, 0.3) is 0 Å².